The largest absolute Gasteiger partial charge is 0.495 e. The lowest BCUT2D eigenvalue weighted by molar-refractivity contribution is 0.0729. The highest BCUT2D eigenvalue weighted by Crippen LogP contribution is 2.43. The minimum absolute atomic E-state index is 0.254. The second-order valence-electron chi connectivity index (χ2n) is 8.72. The van der Waals surface area contributed by atoms with E-state index in [4.69, 9.17) is 25.8 Å². The summed E-state index contributed by atoms with van der Waals surface area (Å²) in [7, 11) is 3.03. The molecule has 5 rings (SSSR count). The standard InChI is InChI=1S/C31H23BrClN3O5/c1-39-24-15-13-21(32)27-26(20-10-6-7-11-22(20)33)29(35-28(24)27)30(37)36-34-17-18-12-14-23(25(16-18)40-2)41-31(38)19-8-4-3-5-9-19/h3-17,35H,1-2H3,(H,36,37). The number of H-pyrrole nitrogens is 1. The summed E-state index contributed by atoms with van der Waals surface area (Å²) < 4.78 is 17.2. The summed E-state index contributed by atoms with van der Waals surface area (Å²) >= 11 is 10.1. The molecule has 1 heterocycles. The van der Waals surface area contributed by atoms with Crippen LogP contribution in [0.15, 0.2) is 94.5 Å². The van der Waals surface area contributed by atoms with Gasteiger partial charge in [0.15, 0.2) is 11.5 Å². The molecule has 8 nitrogen and oxygen atoms in total. The highest BCUT2D eigenvalue weighted by atomic mass is 79.9. The maximum absolute atomic E-state index is 13.4. The molecule has 0 radical (unpaired) electrons. The first kappa shape index (κ1) is 27.9. The summed E-state index contributed by atoms with van der Waals surface area (Å²) in [4.78, 5) is 29.1. The number of hydrogen-bond donors (Lipinski definition) is 2. The summed E-state index contributed by atoms with van der Waals surface area (Å²) in [6.07, 6.45) is 1.46. The van der Waals surface area contributed by atoms with E-state index in [0.29, 0.717) is 44.3 Å². The number of methoxy groups -OCH3 is 2. The molecule has 0 spiro atoms. The fourth-order valence-corrected chi connectivity index (χ4v) is 5.07. The molecule has 0 aliphatic carbocycles. The van der Waals surface area contributed by atoms with Gasteiger partial charge in [-0.3, -0.25) is 4.79 Å². The first-order valence-electron chi connectivity index (χ1n) is 12.3. The molecule has 0 unspecified atom stereocenters. The Bertz CT molecular complexity index is 1790. The fourth-order valence-electron chi connectivity index (χ4n) is 4.32. The van der Waals surface area contributed by atoms with Crippen molar-refractivity contribution in [2.45, 2.75) is 0 Å². The van der Waals surface area contributed by atoms with Gasteiger partial charge in [0.25, 0.3) is 5.91 Å². The van der Waals surface area contributed by atoms with Gasteiger partial charge in [0.2, 0.25) is 0 Å². The number of carbonyl (C=O) groups is 2. The third-order valence-corrected chi connectivity index (χ3v) is 7.23. The number of aromatic nitrogens is 1. The van der Waals surface area contributed by atoms with Gasteiger partial charge in [-0.15, -0.1) is 0 Å². The number of amides is 1. The van der Waals surface area contributed by atoms with Gasteiger partial charge in [-0.2, -0.15) is 5.10 Å². The Morgan fingerprint density at radius 3 is 2.34 bits per heavy atom. The number of hydrogen-bond acceptors (Lipinski definition) is 6. The van der Waals surface area contributed by atoms with Crippen LogP contribution < -0.4 is 19.6 Å². The van der Waals surface area contributed by atoms with E-state index in [-0.39, 0.29) is 11.4 Å². The van der Waals surface area contributed by atoms with Gasteiger partial charge < -0.3 is 19.2 Å². The van der Waals surface area contributed by atoms with Crippen LogP contribution in [0, 0.1) is 0 Å². The normalized spacial score (nSPS) is 11.0. The van der Waals surface area contributed by atoms with Gasteiger partial charge in [-0.1, -0.05) is 63.9 Å². The van der Waals surface area contributed by atoms with Crippen LogP contribution in [0.5, 0.6) is 17.2 Å². The minimum atomic E-state index is -0.506. The monoisotopic (exact) mass is 631 g/mol. The van der Waals surface area contributed by atoms with Crippen LogP contribution in [-0.4, -0.2) is 37.3 Å². The molecular formula is C31H23BrClN3O5. The maximum Gasteiger partial charge on any atom is 0.343 e. The summed E-state index contributed by atoms with van der Waals surface area (Å²) in [5.74, 6) is 0.164. The number of benzene rings is 4. The van der Waals surface area contributed by atoms with Crippen molar-refractivity contribution < 1.29 is 23.8 Å². The molecule has 5 aromatic rings. The third-order valence-electron chi connectivity index (χ3n) is 6.24. The van der Waals surface area contributed by atoms with Gasteiger partial charge in [0.1, 0.15) is 11.4 Å². The quantitative estimate of drug-likeness (QED) is 0.0812. The molecular weight excluding hydrogens is 610 g/mol. The number of rotatable bonds is 8. The zero-order valence-corrected chi connectivity index (χ0v) is 24.2. The van der Waals surface area contributed by atoms with Crippen molar-refractivity contribution in [2.75, 3.05) is 14.2 Å². The minimum Gasteiger partial charge on any atom is -0.495 e. The van der Waals surface area contributed by atoms with E-state index in [1.807, 2.05) is 30.3 Å². The highest BCUT2D eigenvalue weighted by Gasteiger charge is 2.24. The van der Waals surface area contributed by atoms with Crippen molar-refractivity contribution in [3.8, 4) is 28.4 Å². The molecule has 1 amide bonds. The van der Waals surface area contributed by atoms with Crippen LogP contribution in [0.25, 0.3) is 22.0 Å². The Hall–Kier alpha value is -4.60. The number of nitrogens with zero attached hydrogens (tertiary/aromatic N) is 1. The molecule has 0 saturated carbocycles. The number of fused-ring (bicyclic) bond motifs is 1. The number of ether oxygens (including phenoxy) is 3. The van der Waals surface area contributed by atoms with E-state index >= 15 is 0 Å². The van der Waals surface area contributed by atoms with Crippen molar-refractivity contribution in [1.82, 2.24) is 10.4 Å². The average Bonchev–Trinajstić information content (AvgIpc) is 3.40. The number of nitrogens with one attached hydrogen (secondary N) is 2. The Kier molecular flexibility index (Phi) is 8.37. The SMILES string of the molecule is COc1cc(C=NNC(=O)c2[nH]c3c(OC)ccc(Br)c3c2-c2ccccc2Cl)ccc1OC(=O)c1ccccc1. The van der Waals surface area contributed by atoms with Gasteiger partial charge in [0.05, 0.1) is 31.5 Å². The summed E-state index contributed by atoms with van der Waals surface area (Å²) in [6, 6.07) is 24.5. The van der Waals surface area contributed by atoms with Gasteiger partial charge in [-0.25, -0.2) is 10.2 Å². The van der Waals surface area contributed by atoms with E-state index in [1.54, 1.807) is 61.7 Å². The van der Waals surface area contributed by atoms with Crippen molar-refractivity contribution in [3.63, 3.8) is 0 Å². The lowest BCUT2D eigenvalue weighted by Crippen LogP contribution is -2.19. The van der Waals surface area contributed by atoms with E-state index in [9.17, 15) is 9.59 Å². The van der Waals surface area contributed by atoms with E-state index < -0.39 is 11.9 Å². The molecule has 4 aromatic carbocycles. The predicted molar refractivity (Wildman–Crippen MR) is 162 cm³/mol. The maximum atomic E-state index is 13.4. The number of carbonyl (C=O) groups excluding carboxylic acids is 2. The smallest absolute Gasteiger partial charge is 0.343 e. The zero-order valence-electron chi connectivity index (χ0n) is 21.9. The highest BCUT2D eigenvalue weighted by molar-refractivity contribution is 9.10. The number of hydrazone groups is 1. The molecule has 0 aliphatic heterocycles. The molecule has 10 heteroatoms. The van der Waals surface area contributed by atoms with Crippen LogP contribution in [0.1, 0.15) is 26.4 Å². The molecule has 0 bridgehead atoms. The van der Waals surface area contributed by atoms with Gasteiger partial charge >= 0.3 is 5.97 Å². The van der Waals surface area contributed by atoms with Crippen LogP contribution in [0.4, 0.5) is 0 Å². The van der Waals surface area contributed by atoms with E-state index in [1.165, 1.54) is 13.3 Å². The van der Waals surface area contributed by atoms with Crippen molar-refractivity contribution in [3.05, 3.63) is 111 Å². The molecule has 41 heavy (non-hydrogen) atoms. The first-order valence-corrected chi connectivity index (χ1v) is 13.5. The van der Waals surface area contributed by atoms with E-state index in [0.717, 1.165) is 9.86 Å². The average molecular weight is 633 g/mol. The number of halogens is 2. The molecule has 0 aliphatic rings. The topological polar surface area (TPSA) is 102 Å². The Morgan fingerprint density at radius 1 is 0.902 bits per heavy atom. The summed E-state index contributed by atoms with van der Waals surface area (Å²) in [5, 5.41) is 5.37. The molecule has 0 saturated heterocycles. The van der Waals surface area contributed by atoms with Crippen LogP contribution >= 0.6 is 27.5 Å². The first-order chi connectivity index (χ1) is 19.9. The fraction of sp³-hybridized carbons (Fsp3) is 0.0645. The van der Waals surface area contributed by atoms with Crippen molar-refractivity contribution >= 4 is 56.5 Å². The molecule has 1 aromatic heterocycles. The molecule has 0 fully saturated rings. The third kappa shape index (κ3) is 5.82. The lowest BCUT2D eigenvalue weighted by Gasteiger charge is -2.10. The Morgan fingerprint density at radius 2 is 1.61 bits per heavy atom. The van der Waals surface area contributed by atoms with Gasteiger partial charge in [-0.05, 0) is 54.1 Å². The summed E-state index contributed by atoms with van der Waals surface area (Å²) in [5.41, 5.74) is 5.78. The second kappa shape index (κ2) is 12.3. The predicted octanol–water partition coefficient (Wildman–Crippen LogP) is 7.25. The van der Waals surface area contributed by atoms with E-state index in [2.05, 4.69) is 31.4 Å². The van der Waals surface area contributed by atoms with Crippen molar-refractivity contribution in [2.24, 2.45) is 5.10 Å². The van der Waals surface area contributed by atoms with Gasteiger partial charge in [0, 0.05) is 26.0 Å². The second-order valence-corrected chi connectivity index (χ2v) is 9.98. The van der Waals surface area contributed by atoms with Crippen LogP contribution in [0.2, 0.25) is 5.02 Å². The Balaban J connectivity index is 1.41. The van der Waals surface area contributed by atoms with Crippen LogP contribution in [-0.2, 0) is 0 Å². The van der Waals surface area contributed by atoms with Crippen LogP contribution in [0.3, 0.4) is 0 Å². The number of esters is 1. The summed E-state index contributed by atoms with van der Waals surface area (Å²) in [6.45, 7) is 0. The molecule has 2 N–H and O–H groups in total. The zero-order chi connectivity index (χ0) is 28.9. The number of aromatic amines is 1. The lowest BCUT2D eigenvalue weighted by atomic mass is 10.0. The Labute approximate surface area is 249 Å². The van der Waals surface area contributed by atoms with Crippen molar-refractivity contribution in [1.29, 1.82) is 0 Å². The molecule has 206 valence electrons. The molecule has 0 atom stereocenters.